The Hall–Kier alpha value is -1.88. The van der Waals surface area contributed by atoms with Gasteiger partial charge in [-0.15, -0.1) is 0 Å². The van der Waals surface area contributed by atoms with Gasteiger partial charge in [-0.25, -0.2) is 0 Å². The van der Waals surface area contributed by atoms with Crippen molar-refractivity contribution in [3.63, 3.8) is 0 Å². The summed E-state index contributed by atoms with van der Waals surface area (Å²) in [5.74, 6) is -0.296. The van der Waals surface area contributed by atoms with E-state index in [4.69, 9.17) is 4.74 Å². The zero-order valence-electron chi connectivity index (χ0n) is 14.5. The molecule has 2 aliphatic heterocycles. The Labute approximate surface area is 143 Å². The van der Waals surface area contributed by atoms with Crippen LogP contribution in [0.15, 0.2) is 24.3 Å². The molecule has 1 N–H and O–H groups in total. The third kappa shape index (κ3) is 3.46. The zero-order valence-corrected chi connectivity index (χ0v) is 14.5. The van der Waals surface area contributed by atoms with Crippen molar-refractivity contribution < 1.29 is 14.3 Å². The molecule has 0 spiro atoms. The highest BCUT2D eigenvalue weighted by Crippen LogP contribution is 2.28. The molecule has 0 saturated carbocycles. The van der Waals surface area contributed by atoms with Gasteiger partial charge >= 0.3 is 0 Å². The number of aryl methyl sites for hydroxylation is 1. The molecule has 2 saturated heterocycles. The molecule has 1 aromatic carbocycles. The summed E-state index contributed by atoms with van der Waals surface area (Å²) in [6.45, 7) is 5.29. The van der Waals surface area contributed by atoms with Gasteiger partial charge in [0.25, 0.3) is 0 Å². The number of rotatable bonds is 5. The van der Waals surface area contributed by atoms with Gasteiger partial charge < -0.3 is 15.0 Å². The maximum atomic E-state index is 12.5. The van der Waals surface area contributed by atoms with Crippen LogP contribution in [0.3, 0.4) is 0 Å². The van der Waals surface area contributed by atoms with E-state index in [1.54, 1.807) is 4.90 Å². The Morgan fingerprint density at radius 3 is 2.92 bits per heavy atom. The Morgan fingerprint density at radius 2 is 2.21 bits per heavy atom. The van der Waals surface area contributed by atoms with Crippen molar-refractivity contribution in [2.24, 2.45) is 5.92 Å². The average Bonchev–Trinajstić information content (AvgIpc) is 3.24. The number of anilines is 1. The zero-order chi connectivity index (χ0) is 17.1. The third-order valence-corrected chi connectivity index (χ3v) is 5.05. The van der Waals surface area contributed by atoms with E-state index < -0.39 is 0 Å². The normalized spacial score (nSPS) is 25.1. The van der Waals surface area contributed by atoms with Crippen molar-refractivity contribution in [1.29, 1.82) is 0 Å². The van der Waals surface area contributed by atoms with E-state index in [9.17, 15) is 9.59 Å². The standard InChI is InChI=1S/C19H26N2O3/c1-3-14-7-4-5-8-16(14)21-12-15(11-18(21)22)19(23)20-13(2)17-9-6-10-24-17/h4-5,7-8,13,15,17H,3,6,9-12H2,1-2H3,(H,20,23). The molecule has 5 heteroatoms. The summed E-state index contributed by atoms with van der Waals surface area (Å²) in [6, 6.07) is 7.92. The van der Waals surface area contributed by atoms with Crippen molar-refractivity contribution in [1.82, 2.24) is 5.32 Å². The Balaban J connectivity index is 1.64. The number of para-hydroxylation sites is 1. The molecule has 3 unspecified atom stereocenters. The first-order chi connectivity index (χ1) is 11.6. The number of nitrogens with zero attached hydrogens (tertiary/aromatic N) is 1. The molecule has 1 aromatic rings. The smallest absolute Gasteiger partial charge is 0.227 e. The minimum Gasteiger partial charge on any atom is -0.376 e. The number of nitrogens with one attached hydrogen (secondary N) is 1. The fourth-order valence-corrected chi connectivity index (χ4v) is 3.62. The SMILES string of the molecule is CCc1ccccc1N1CC(C(=O)NC(C)C2CCCO2)CC1=O. The number of amides is 2. The summed E-state index contributed by atoms with van der Waals surface area (Å²) >= 11 is 0. The number of ether oxygens (including phenoxy) is 1. The summed E-state index contributed by atoms with van der Waals surface area (Å²) in [5.41, 5.74) is 2.08. The van der Waals surface area contributed by atoms with E-state index in [-0.39, 0.29) is 36.3 Å². The maximum absolute atomic E-state index is 12.5. The average molecular weight is 330 g/mol. The number of carbonyl (C=O) groups is 2. The number of benzene rings is 1. The lowest BCUT2D eigenvalue weighted by atomic mass is 10.1. The minimum atomic E-state index is -0.286. The number of hydrogen-bond donors (Lipinski definition) is 1. The summed E-state index contributed by atoms with van der Waals surface area (Å²) < 4.78 is 5.63. The van der Waals surface area contributed by atoms with Crippen LogP contribution in [0.2, 0.25) is 0 Å². The molecule has 0 aliphatic carbocycles. The predicted molar refractivity (Wildman–Crippen MR) is 92.9 cm³/mol. The first-order valence-electron chi connectivity index (χ1n) is 8.90. The Bertz CT molecular complexity index is 610. The van der Waals surface area contributed by atoms with Crippen molar-refractivity contribution in [2.45, 2.75) is 51.7 Å². The predicted octanol–water partition coefficient (Wildman–Crippen LogP) is 2.29. The van der Waals surface area contributed by atoms with Crippen LogP contribution in [0.1, 0.15) is 38.7 Å². The lowest BCUT2D eigenvalue weighted by Crippen LogP contribution is -2.44. The molecule has 0 aromatic heterocycles. The summed E-state index contributed by atoms with van der Waals surface area (Å²) in [7, 11) is 0. The molecule has 0 radical (unpaired) electrons. The van der Waals surface area contributed by atoms with E-state index in [0.717, 1.165) is 37.1 Å². The molecule has 130 valence electrons. The van der Waals surface area contributed by atoms with Crippen LogP contribution in [-0.2, 0) is 20.7 Å². The maximum Gasteiger partial charge on any atom is 0.227 e. The molecule has 5 nitrogen and oxygen atoms in total. The lowest BCUT2D eigenvalue weighted by Gasteiger charge is -2.22. The lowest BCUT2D eigenvalue weighted by molar-refractivity contribution is -0.127. The van der Waals surface area contributed by atoms with Gasteiger partial charge in [0.2, 0.25) is 11.8 Å². The van der Waals surface area contributed by atoms with Crippen LogP contribution < -0.4 is 10.2 Å². The first-order valence-corrected chi connectivity index (χ1v) is 8.90. The Kier molecular flexibility index (Phi) is 5.19. The molecule has 24 heavy (non-hydrogen) atoms. The van der Waals surface area contributed by atoms with Gasteiger partial charge in [-0.2, -0.15) is 0 Å². The van der Waals surface area contributed by atoms with Gasteiger partial charge in [0.15, 0.2) is 0 Å². The van der Waals surface area contributed by atoms with Crippen LogP contribution in [0, 0.1) is 5.92 Å². The second-order valence-electron chi connectivity index (χ2n) is 6.74. The molecular formula is C19H26N2O3. The molecule has 2 heterocycles. The van der Waals surface area contributed by atoms with Crippen molar-refractivity contribution in [2.75, 3.05) is 18.1 Å². The fourth-order valence-electron chi connectivity index (χ4n) is 3.62. The van der Waals surface area contributed by atoms with Crippen LogP contribution in [0.4, 0.5) is 5.69 Å². The third-order valence-electron chi connectivity index (χ3n) is 5.05. The van der Waals surface area contributed by atoms with Gasteiger partial charge in [0.1, 0.15) is 0 Å². The van der Waals surface area contributed by atoms with Gasteiger partial charge in [0.05, 0.1) is 18.1 Å². The quantitative estimate of drug-likeness (QED) is 0.901. The highest BCUT2D eigenvalue weighted by atomic mass is 16.5. The van der Waals surface area contributed by atoms with E-state index >= 15 is 0 Å². The van der Waals surface area contributed by atoms with Crippen LogP contribution in [0.25, 0.3) is 0 Å². The second kappa shape index (κ2) is 7.34. The molecule has 3 rings (SSSR count). The molecule has 2 amide bonds. The van der Waals surface area contributed by atoms with E-state index in [2.05, 4.69) is 12.2 Å². The summed E-state index contributed by atoms with van der Waals surface area (Å²) in [5, 5.41) is 3.04. The van der Waals surface area contributed by atoms with Crippen LogP contribution in [0.5, 0.6) is 0 Å². The highest BCUT2D eigenvalue weighted by Gasteiger charge is 2.37. The molecule has 2 fully saturated rings. The molecular weight excluding hydrogens is 304 g/mol. The summed E-state index contributed by atoms with van der Waals surface area (Å²) in [4.78, 5) is 26.7. The van der Waals surface area contributed by atoms with Gasteiger partial charge in [-0.05, 0) is 37.8 Å². The number of carbonyl (C=O) groups excluding carboxylic acids is 2. The highest BCUT2D eigenvalue weighted by molar-refractivity contribution is 6.00. The van der Waals surface area contributed by atoms with Crippen LogP contribution >= 0.6 is 0 Å². The molecule has 2 aliphatic rings. The Morgan fingerprint density at radius 1 is 1.42 bits per heavy atom. The van der Waals surface area contributed by atoms with Gasteiger partial charge in [0, 0.05) is 25.3 Å². The number of hydrogen-bond acceptors (Lipinski definition) is 3. The van der Waals surface area contributed by atoms with E-state index in [1.165, 1.54) is 0 Å². The van der Waals surface area contributed by atoms with E-state index in [1.807, 2.05) is 31.2 Å². The summed E-state index contributed by atoms with van der Waals surface area (Å²) in [6.07, 6.45) is 3.28. The van der Waals surface area contributed by atoms with Gasteiger partial charge in [-0.1, -0.05) is 25.1 Å². The van der Waals surface area contributed by atoms with Crippen LogP contribution in [-0.4, -0.2) is 37.1 Å². The molecule has 0 bridgehead atoms. The monoisotopic (exact) mass is 330 g/mol. The fraction of sp³-hybridized carbons (Fsp3) is 0.579. The van der Waals surface area contributed by atoms with Crippen molar-refractivity contribution >= 4 is 17.5 Å². The van der Waals surface area contributed by atoms with Crippen molar-refractivity contribution in [3.8, 4) is 0 Å². The van der Waals surface area contributed by atoms with E-state index in [0.29, 0.717) is 6.54 Å². The second-order valence-corrected chi connectivity index (χ2v) is 6.74. The van der Waals surface area contributed by atoms with Crippen molar-refractivity contribution in [3.05, 3.63) is 29.8 Å². The largest absolute Gasteiger partial charge is 0.376 e. The topological polar surface area (TPSA) is 58.6 Å². The molecule has 3 atom stereocenters. The first kappa shape index (κ1) is 17.0. The minimum absolute atomic E-state index is 0.00733. The van der Waals surface area contributed by atoms with Gasteiger partial charge in [-0.3, -0.25) is 9.59 Å².